The molecule has 46 heavy (non-hydrogen) atoms. The number of aliphatic hydroxyl groups is 1. The maximum Gasteiger partial charge on any atom is 0.469 e. The number of phosphoric acid groups is 1. The molecular weight excluding hydrogens is 631 g/mol. The number of phosphoric ester groups is 1. The zero-order chi connectivity index (χ0) is 34.8. The third-order valence-corrected chi connectivity index (χ3v) is 7.71. The lowest BCUT2D eigenvalue weighted by Crippen LogP contribution is -2.61. The molecule has 6 atom stereocenters. The van der Waals surface area contributed by atoms with Crippen molar-refractivity contribution < 1.29 is 52.7 Å². The van der Waals surface area contributed by atoms with Crippen LogP contribution in [0.15, 0.2) is 12.5 Å². The highest BCUT2D eigenvalue weighted by Gasteiger charge is 2.37. The molecule has 20 heteroatoms. The number of likely N-dealkylation sites (tertiary alicyclic amines) is 1. The van der Waals surface area contributed by atoms with Crippen molar-refractivity contribution in [3.8, 4) is 0 Å². The van der Waals surface area contributed by atoms with E-state index in [-0.39, 0.29) is 24.7 Å². The minimum atomic E-state index is -5.08. The standard InChI is InChI=1S/C26H43N8O11P/c1-13(2)8-17(31-26(41)20-6-5-7-34(20)15(4)36)23(38)30-18(9-16-10-28-12-29-16)24(39)32-19(11-35)25(40)33-21(22(27)37)14(3)45-46(42,43)44/h10,12-14,17-21,35H,5-9,11H2,1-4H3,(H2,27,37)(H,28,29)(H,30,38)(H,31,41)(H,32,39)(H,33,40)(H2,42,43,44). The largest absolute Gasteiger partial charge is 0.469 e. The van der Waals surface area contributed by atoms with Gasteiger partial charge in [-0.1, -0.05) is 13.8 Å². The monoisotopic (exact) mass is 674 g/mol. The number of H-pyrrole nitrogens is 1. The number of nitrogens with one attached hydrogen (secondary N) is 5. The molecular formula is C26H43N8O11P. The van der Waals surface area contributed by atoms with E-state index in [9.17, 15) is 38.4 Å². The molecule has 19 nitrogen and oxygen atoms in total. The summed E-state index contributed by atoms with van der Waals surface area (Å²) in [4.78, 5) is 103. The van der Waals surface area contributed by atoms with Gasteiger partial charge in [-0.05, 0) is 32.1 Å². The number of aromatic amines is 1. The lowest BCUT2D eigenvalue weighted by atomic mass is 10.0. The Kier molecular flexibility index (Phi) is 14.3. The first-order valence-corrected chi connectivity index (χ1v) is 16.1. The number of primary amides is 1. The molecule has 1 aliphatic rings. The first kappa shape index (κ1) is 38.3. The van der Waals surface area contributed by atoms with E-state index in [2.05, 4.69) is 35.8 Å². The Labute approximate surface area is 265 Å². The quantitative estimate of drug-likeness (QED) is 0.0744. The van der Waals surface area contributed by atoms with Crippen molar-refractivity contribution in [1.82, 2.24) is 36.1 Å². The molecule has 0 bridgehead atoms. The number of imidazole rings is 1. The molecule has 10 N–H and O–H groups in total. The SMILES string of the molecule is CC(=O)N1CCCC1C(=O)NC(CC(C)C)C(=O)NC(Cc1cnc[nH]1)C(=O)NC(CO)C(=O)NC(C(N)=O)C(C)OP(=O)(O)O. The number of hydrogen-bond acceptors (Lipinski definition) is 10. The number of aliphatic hydroxyl groups excluding tert-OH is 1. The second kappa shape index (κ2) is 17.1. The van der Waals surface area contributed by atoms with E-state index >= 15 is 0 Å². The maximum absolute atomic E-state index is 13.5. The average molecular weight is 675 g/mol. The molecule has 6 amide bonds. The number of nitrogens with zero attached hydrogens (tertiary/aromatic N) is 2. The second-order valence-corrected chi connectivity index (χ2v) is 12.5. The first-order chi connectivity index (χ1) is 21.4. The zero-order valence-corrected chi connectivity index (χ0v) is 26.9. The average Bonchev–Trinajstić information content (AvgIpc) is 3.64. The third-order valence-electron chi connectivity index (χ3n) is 7.10. The lowest BCUT2D eigenvalue weighted by Gasteiger charge is -2.28. The van der Waals surface area contributed by atoms with Crippen LogP contribution < -0.4 is 27.0 Å². The van der Waals surface area contributed by atoms with Crippen LogP contribution >= 0.6 is 7.82 Å². The highest BCUT2D eigenvalue weighted by molar-refractivity contribution is 7.46. The van der Waals surface area contributed by atoms with Gasteiger partial charge in [-0.3, -0.25) is 33.3 Å². The number of rotatable bonds is 17. The van der Waals surface area contributed by atoms with Gasteiger partial charge in [0.25, 0.3) is 0 Å². The zero-order valence-electron chi connectivity index (χ0n) is 26.0. The van der Waals surface area contributed by atoms with Crippen LogP contribution in [0.4, 0.5) is 0 Å². The molecule has 1 saturated heterocycles. The normalized spacial score (nSPS) is 18.2. The van der Waals surface area contributed by atoms with Crippen molar-refractivity contribution in [3.63, 3.8) is 0 Å². The van der Waals surface area contributed by atoms with Crippen LogP contribution in [0.2, 0.25) is 0 Å². The van der Waals surface area contributed by atoms with Gasteiger partial charge in [0.1, 0.15) is 30.2 Å². The number of amides is 6. The Hall–Kier alpha value is -3.90. The van der Waals surface area contributed by atoms with E-state index in [0.29, 0.717) is 25.1 Å². The summed E-state index contributed by atoms with van der Waals surface area (Å²) in [6.45, 7) is 5.50. The highest BCUT2D eigenvalue weighted by atomic mass is 31.2. The Balaban J connectivity index is 2.23. The van der Waals surface area contributed by atoms with Crippen molar-refractivity contribution in [2.75, 3.05) is 13.2 Å². The summed E-state index contributed by atoms with van der Waals surface area (Å²) in [6.07, 6.45) is 2.23. The predicted molar refractivity (Wildman–Crippen MR) is 159 cm³/mol. The topological polar surface area (TPSA) is 295 Å². The van der Waals surface area contributed by atoms with Gasteiger partial charge in [0.15, 0.2) is 0 Å². The van der Waals surface area contributed by atoms with E-state index in [1.807, 2.05) is 13.8 Å². The summed E-state index contributed by atoms with van der Waals surface area (Å²) in [5, 5.41) is 19.5. The van der Waals surface area contributed by atoms with Crippen LogP contribution in [0, 0.1) is 5.92 Å². The molecule has 0 aromatic carbocycles. The van der Waals surface area contributed by atoms with E-state index in [4.69, 9.17) is 15.5 Å². The summed E-state index contributed by atoms with van der Waals surface area (Å²) >= 11 is 0. The van der Waals surface area contributed by atoms with E-state index < -0.39 is 80.3 Å². The number of carbonyl (C=O) groups is 6. The minimum Gasteiger partial charge on any atom is -0.394 e. The summed E-state index contributed by atoms with van der Waals surface area (Å²) in [6, 6.07) is -6.67. The van der Waals surface area contributed by atoms with Gasteiger partial charge >= 0.3 is 7.82 Å². The van der Waals surface area contributed by atoms with Crippen LogP contribution in [0.5, 0.6) is 0 Å². The molecule has 1 fully saturated rings. The van der Waals surface area contributed by atoms with Gasteiger partial charge in [0.2, 0.25) is 35.4 Å². The van der Waals surface area contributed by atoms with E-state index in [0.717, 1.165) is 6.92 Å². The van der Waals surface area contributed by atoms with Crippen molar-refractivity contribution in [3.05, 3.63) is 18.2 Å². The van der Waals surface area contributed by atoms with Gasteiger partial charge in [0, 0.05) is 31.8 Å². The molecule has 6 unspecified atom stereocenters. The molecule has 1 aromatic rings. The third kappa shape index (κ3) is 11.8. The fourth-order valence-electron chi connectivity index (χ4n) is 4.90. The van der Waals surface area contributed by atoms with Crippen LogP contribution in [-0.4, -0.2) is 115 Å². The number of carbonyl (C=O) groups excluding carboxylic acids is 6. The van der Waals surface area contributed by atoms with Gasteiger partial charge in [-0.25, -0.2) is 9.55 Å². The highest BCUT2D eigenvalue weighted by Crippen LogP contribution is 2.38. The number of hydrogen-bond donors (Lipinski definition) is 9. The maximum atomic E-state index is 13.5. The summed E-state index contributed by atoms with van der Waals surface area (Å²) < 4.78 is 15.6. The number of nitrogens with two attached hydrogens (primary N) is 1. The molecule has 1 aromatic heterocycles. The van der Waals surface area contributed by atoms with Gasteiger partial charge in [-0.15, -0.1) is 0 Å². The Morgan fingerprint density at radius 2 is 1.65 bits per heavy atom. The van der Waals surface area contributed by atoms with Gasteiger partial charge in [-0.2, -0.15) is 0 Å². The Bertz CT molecular complexity index is 1290. The Morgan fingerprint density at radius 1 is 1.04 bits per heavy atom. The molecule has 2 heterocycles. The predicted octanol–water partition coefficient (Wildman–Crippen LogP) is -3.08. The summed E-state index contributed by atoms with van der Waals surface area (Å²) in [5.41, 5.74) is 5.66. The van der Waals surface area contributed by atoms with Crippen molar-refractivity contribution >= 4 is 43.3 Å². The minimum absolute atomic E-state index is 0.0685. The number of aromatic nitrogens is 2. The Morgan fingerprint density at radius 3 is 2.17 bits per heavy atom. The molecule has 0 aliphatic carbocycles. The lowest BCUT2D eigenvalue weighted by molar-refractivity contribution is -0.139. The smallest absolute Gasteiger partial charge is 0.394 e. The summed E-state index contributed by atoms with van der Waals surface area (Å²) in [7, 11) is -5.08. The fourth-order valence-corrected chi connectivity index (χ4v) is 5.46. The van der Waals surface area contributed by atoms with Crippen molar-refractivity contribution in [2.24, 2.45) is 11.7 Å². The van der Waals surface area contributed by atoms with Crippen LogP contribution in [-0.2, 0) is 44.3 Å². The first-order valence-electron chi connectivity index (χ1n) is 14.5. The second-order valence-electron chi connectivity index (χ2n) is 11.3. The van der Waals surface area contributed by atoms with Crippen LogP contribution in [0.25, 0.3) is 0 Å². The van der Waals surface area contributed by atoms with Gasteiger partial charge < -0.3 is 51.8 Å². The molecule has 2 rings (SSSR count). The van der Waals surface area contributed by atoms with E-state index in [1.165, 1.54) is 24.3 Å². The summed E-state index contributed by atoms with van der Waals surface area (Å²) in [5.74, 6) is -4.89. The van der Waals surface area contributed by atoms with Crippen LogP contribution in [0.1, 0.15) is 52.7 Å². The van der Waals surface area contributed by atoms with E-state index in [1.54, 1.807) is 0 Å². The van der Waals surface area contributed by atoms with Crippen molar-refractivity contribution in [2.45, 2.75) is 89.7 Å². The molecule has 0 spiro atoms. The molecule has 258 valence electrons. The molecule has 0 radical (unpaired) electrons. The molecule has 1 aliphatic heterocycles. The van der Waals surface area contributed by atoms with Gasteiger partial charge in [0.05, 0.1) is 19.0 Å². The van der Waals surface area contributed by atoms with Crippen molar-refractivity contribution in [1.29, 1.82) is 0 Å². The molecule has 0 saturated carbocycles. The fraction of sp³-hybridized carbons (Fsp3) is 0.654. The van der Waals surface area contributed by atoms with Crippen LogP contribution in [0.3, 0.4) is 0 Å².